The number of hydrogen-bond donors (Lipinski definition) is 1. The highest BCUT2D eigenvalue weighted by Crippen LogP contribution is 2.50. The van der Waals surface area contributed by atoms with Crippen molar-refractivity contribution in [3.05, 3.63) is 33.1 Å². The van der Waals surface area contributed by atoms with Gasteiger partial charge in [0.25, 0.3) is 14.1 Å². The summed E-state index contributed by atoms with van der Waals surface area (Å²) in [5.41, 5.74) is -1.05. The van der Waals surface area contributed by atoms with Crippen LogP contribution < -0.4 is 11.2 Å². The van der Waals surface area contributed by atoms with Crippen molar-refractivity contribution in [2.24, 2.45) is 11.8 Å². The fourth-order valence-corrected chi connectivity index (χ4v) is 6.95. The predicted octanol–water partition coefficient (Wildman–Crippen LogP) is 4.18. The van der Waals surface area contributed by atoms with Crippen LogP contribution in [0.15, 0.2) is 21.9 Å². The number of nitrogens with one attached hydrogen (secondary N) is 1. The number of aromatic nitrogens is 2. The quantitative estimate of drug-likeness (QED) is 0.205. The molecule has 40 heavy (non-hydrogen) atoms. The van der Waals surface area contributed by atoms with Crippen molar-refractivity contribution in [1.82, 2.24) is 14.2 Å². The summed E-state index contributed by atoms with van der Waals surface area (Å²) in [5, 5.41) is 0.158. The number of rotatable bonds is 17. The van der Waals surface area contributed by atoms with Crippen molar-refractivity contribution >= 4 is 25.4 Å². The summed E-state index contributed by atoms with van der Waals surface area (Å²) in [6.07, 6.45) is -0.182. The molecule has 13 heteroatoms. The first-order chi connectivity index (χ1) is 18.9. The molecule has 0 spiro atoms. The van der Waals surface area contributed by atoms with E-state index in [2.05, 4.69) is 51.2 Å². The van der Waals surface area contributed by atoms with E-state index in [4.69, 9.17) is 23.3 Å². The van der Waals surface area contributed by atoms with E-state index in [1.807, 2.05) is 13.8 Å². The Morgan fingerprint density at radius 2 is 1.75 bits per heavy atom. The number of thioether (sulfide) groups is 1. The van der Waals surface area contributed by atoms with Gasteiger partial charge in [-0.2, -0.15) is 0 Å². The SMILES string of the molecule is COC1C(OP(OCCOCCSC(=O)C(C)C)N(C(C)C)C(C)C)C(CC(C)C)OC1n1ccc(=O)[nH]c1=O. The Kier molecular flexibility index (Phi) is 15.0. The molecule has 5 unspecified atom stereocenters. The van der Waals surface area contributed by atoms with Gasteiger partial charge in [0.15, 0.2) is 11.3 Å². The van der Waals surface area contributed by atoms with Gasteiger partial charge in [0.05, 0.1) is 25.9 Å². The molecule has 2 rings (SSSR count). The standard InChI is InChI=1S/C27H48N3O8PS/c1-17(2)16-21-23(24(34-9)25(37-21)29-11-10-22(31)28-27(29)33)38-39(30(19(5)6)20(7)8)36-13-12-35-14-15-40-26(32)18(3)4/h10-11,17-21,23-25H,12-16H2,1-9H3,(H,28,31,33). The summed E-state index contributed by atoms with van der Waals surface area (Å²) in [6, 6.07) is 1.56. The largest absolute Gasteiger partial charge is 0.378 e. The van der Waals surface area contributed by atoms with E-state index < -0.39 is 38.2 Å². The number of ether oxygens (including phenoxy) is 3. The Labute approximate surface area is 243 Å². The van der Waals surface area contributed by atoms with Crippen LogP contribution in [-0.2, 0) is 28.1 Å². The first-order valence-electron chi connectivity index (χ1n) is 14.0. The number of carbonyl (C=O) groups excluding carboxylic acids is 1. The molecule has 0 radical (unpaired) electrons. The number of nitrogens with zero attached hydrogens (tertiary/aromatic N) is 2. The van der Waals surface area contributed by atoms with Crippen LogP contribution >= 0.6 is 20.3 Å². The van der Waals surface area contributed by atoms with Gasteiger partial charge in [-0.05, 0) is 40.0 Å². The molecule has 1 saturated heterocycles. The first kappa shape index (κ1) is 35.1. The van der Waals surface area contributed by atoms with Gasteiger partial charge in [0.1, 0.15) is 12.2 Å². The molecule has 1 N–H and O–H groups in total. The molecule has 1 aliphatic heterocycles. The molecule has 5 atom stereocenters. The van der Waals surface area contributed by atoms with Gasteiger partial charge in [-0.25, -0.2) is 9.46 Å². The lowest BCUT2D eigenvalue weighted by atomic mass is 10.0. The zero-order chi connectivity index (χ0) is 30.0. The Bertz CT molecular complexity index is 1010. The molecule has 0 saturated carbocycles. The van der Waals surface area contributed by atoms with Crippen molar-refractivity contribution < 1.29 is 28.1 Å². The maximum Gasteiger partial charge on any atom is 0.330 e. The third kappa shape index (κ3) is 10.3. The van der Waals surface area contributed by atoms with Gasteiger partial charge in [0, 0.05) is 43.1 Å². The minimum Gasteiger partial charge on any atom is -0.378 e. The average Bonchev–Trinajstić information content (AvgIpc) is 3.18. The lowest BCUT2D eigenvalue weighted by molar-refractivity contribution is -0.113. The number of hydrogen-bond acceptors (Lipinski definition) is 10. The molecule has 0 bridgehead atoms. The smallest absolute Gasteiger partial charge is 0.330 e. The van der Waals surface area contributed by atoms with E-state index in [1.165, 1.54) is 28.6 Å². The maximum absolute atomic E-state index is 12.6. The Morgan fingerprint density at radius 1 is 1.07 bits per heavy atom. The highest BCUT2D eigenvalue weighted by Gasteiger charge is 2.49. The van der Waals surface area contributed by atoms with Gasteiger partial charge in [-0.15, -0.1) is 0 Å². The summed E-state index contributed by atoms with van der Waals surface area (Å²) < 4.78 is 34.6. The third-order valence-corrected chi connectivity index (χ3v) is 9.47. The molecule has 1 fully saturated rings. The van der Waals surface area contributed by atoms with E-state index in [-0.39, 0.29) is 29.2 Å². The van der Waals surface area contributed by atoms with Gasteiger partial charge < -0.3 is 23.3 Å². The molecule has 0 amide bonds. The highest BCUT2D eigenvalue weighted by molar-refractivity contribution is 8.13. The van der Waals surface area contributed by atoms with Crippen molar-refractivity contribution in [2.45, 2.75) is 98.4 Å². The minimum absolute atomic E-state index is 0.00418. The molecule has 230 valence electrons. The number of methoxy groups -OCH3 is 1. The lowest BCUT2D eigenvalue weighted by Crippen LogP contribution is -2.41. The maximum atomic E-state index is 12.6. The van der Waals surface area contributed by atoms with Gasteiger partial charge in [-0.3, -0.25) is 19.1 Å². The van der Waals surface area contributed by atoms with Crippen LogP contribution in [0.1, 0.15) is 68.0 Å². The van der Waals surface area contributed by atoms with E-state index in [0.717, 1.165) is 0 Å². The number of aromatic amines is 1. The molecule has 11 nitrogen and oxygen atoms in total. The normalized spacial score (nSPS) is 22.4. The Hall–Kier alpha value is -1.11. The van der Waals surface area contributed by atoms with Gasteiger partial charge >= 0.3 is 5.69 Å². The fourth-order valence-electron chi connectivity index (χ4n) is 4.47. The van der Waals surface area contributed by atoms with E-state index in [0.29, 0.717) is 37.9 Å². The number of H-pyrrole nitrogens is 1. The average molecular weight is 606 g/mol. The van der Waals surface area contributed by atoms with Crippen molar-refractivity contribution in [3.63, 3.8) is 0 Å². The molecular formula is C27H48N3O8PS. The lowest BCUT2D eigenvalue weighted by Gasteiger charge is -2.38. The molecule has 1 aliphatic rings. The van der Waals surface area contributed by atoms with E-state index in [9.17, 15) is 14.4 Å². The van der Waals surface area contributed by atoms with Crippen LogP contribution in [0.4, 0.5) is 0 Å². The van der Waals surface area contributed by atoms with E-state index in [1.54, 1.807) is 7.11 Å². The molecule has 0 aromatic carbocycles. The molecule has 2 heterocycles. The van der Waals surface area contributed by atoms with Crippen LogP contribution in [0.3, 0.4) is 0 Å². The van der Waals surface area contributed by atoms with Crippen LogP contribution in [0.25, 0.3) is 0 Å². The predicted molar refractivity (Wildman–Crippen MR) is 158 cm³/mol. The Morgan fingerprint density at radius 3 is 2.30 bits per heavy atom. The van der Waals surface area contributed by atoms with Crippen LogP contribution in [0.5, 0.6) is 0 Å². The minimum atomic E-state index is -1.55. The zero-order valence-electron chi connectivity index (χ0n) is 25.3. The second-order valence-electron chi connectivity index (χ2n) is 11.1. The topological polar surface area (TPSA) is 121 Å². The van der Waals surface area contributed by atoms with E-state index >= 15 is 0 Å². The van der Waals surface area contributed by atoms with Gasteiger partial charge in [-0.1, -0.05) is 39.5 Å². The highest BCUT2D eigenvalue weighted by atomic mass is 32.2. The summed E-state index contributed by atoms with van der Waals surface area (Å²) in [7, 11) is 0.00968. The Balaban J connectivity index is 2.20. The molecular weight excluding hydrogens is 557 g/mol. The van der Waals surface area contributed by atoms with Crippen molar-refractivity contribution in [2.75, 3.05) is 32.7 Å². The zero-order valence-corrected chi connectivity index (χ0v) is 27.0. The second kappa shape index (κ2) is 17.1. The molecule has 0 aliphatic carbocycles. The fraction of sp³-hybridized carbons (Fsp3) is 0.815. The van der Waals surface area contributed by atoms with Crippen LogP contribution in [0.2, 0.25) is 0 Å². The second-order valence-corrected chi connectivity index (χ2v) is 13.6. The van der Waals surface area contributed by atoms with Crippen LogP contribution in [-0.4, -0.2) is 82.4 Å². The summed E-state index contributed by atoms with van der Waals surface area (Å²) >= 11 is 1.29. The first-order valence-corrected chi connectivity index (χ1v) is 16.1. The van der Waals surface area contributed by atoms with Gasteiger partial charge in [0.2, 0.25) is 0 Å². The summed E-state index contributed by atoms with van der Waals surface area (Å²) in [6.45, 7) is 17.5. The van der Waals surface area contributed by atoms with Crippen LogP contribution in [0, 0.1) is 11.8 Å². The van der Waals surface area contributed by atoms with Crippen molar-refractivity contribution in [1.29, 1.82) is 0 Å². The molecule has 1 aromatic rings. The van der Waals surface area contributed by atoms with Crippen molar-refractivity contribution in [3.8, 4) is 0 Å². The summed E-state index contributed by atoms with van der Waals surface area (Å²) in [5.74, 6) is 0.903. The third-order valence-electron chi connectivity index (χ3n) is 6.22. The molecule has 1 aromatic heterocycles. The monoisotopic (exact) mass is 605 g/mol. The number of carbonyl (C=O) groups is 1. The summed E-state index contributed by atoms with van der Waals surface area (Å²) in [4.78, 5) is 38.4.